The molecule has 1 aromatic carbocycles. The average Bonchev–Trinajstić information content (AvgIpc) is 2.93. The van der Waals surface area contributed by atoms with E-state index >= 15 is 0 Å². The quantitative estimate of drug-likeness (QED) is 0.849. The number of hydrogen-bond acceptors (Lipinski definition) is 3. The summed E-state index contributed by atoms with van der Waals surface area (Å²) in [5.74, 6) is 0.693. The molecule has 1 aliphatic heterocycles. The Morgan fingerprint density at radius 3 is 2.70 bits per heavy atom. The topological polar surface area (TPSA) is 25.4 Å². The highest BCUT2D eigenvalue weighted by Crippen LogP contribution is 2.30. The van der Waals surface area contributed by atoms with E-state index in [1.807, 2.05) is 30.5 Å². The van der Waals surface area contributed by atoms with Gasteiger partial charge in [0, 0.05) is 18.3 Å². The van der Waals surface area contributed by atoms with Crippen molar-refractivity contribution in [1.29, 1.82) is 0 Å². The third-order valence-electron chi connectivity index (χ3n) is 3.89. The van der Waals surface area contributed by atoms with E-state index in [2.05, 4.69) is 35.1 Å². The average molecular weight is 268 g/mol. The van der Waals surface area contributed by atoms with E-state index in [1.54, 1.807) is 0 Å². The molecule has 2 aromatic rings. The molecule has 1 saturated heterocycles. The fourth-order valence-corrected chi connectivity index (χ4v) is 2.74. The van der Waals surface area contributed by atoms with Crippen molar-refractivity contribution in [3.63, 3.8) is 0 Å². The van der Waals surface area contributed by atoms with Gasteiger partial charge in [-0.3, -0.25) is 4.90 Å². The van der Waals surface area contributed by atoms with Crippen molar-refractivity contribution in [3.8, 4) is 5.88 Å². The van der Waals surface area contributed by atoms with Gasteiger partial charge in [0.2, 0.25) is 5.88 Å². The van der Waals surface area contributed by atoms with Crippen molar-refractivity contribution in [2.45, 2.75) is 25.5 Å². The lowest BCUT2D eigenvalue weighted by Gasteiger charge is -2.19. The van der Waals surface area contributed by atoms with E-state index < -0.39 is 0 Å². The molecule has 0 amide bonds. The van der Waals surface area contributed by atoms with Gasteiger partial charge in [-0.05, 0) is 37.6 Å². The molecular weight excluding hydrogens is 248 g/mol. The highest BCUT2D eigenvalue weighted by Gasteiger charge is 2.22. The van der Waals surface area contributed by atoms with Gasteiger partial charge in [0.05, 0.1) is 0 Å². The Kier molecular flexibility index (Phi) is 3.97. The van der Waals surface area contributed by atoms with Crippen molar-refractivity contribution < 1.29 is 4.74 Å². The summed E-state index contributed by atoms with van der Waals surface area (Å²) in [6.45, 7) is 1.74. The fraction of sp³-hybridized carbons (Fsp3) is 0.353. The lowest BCUT2D eigenvalue weighted by Crippen LogP contribution is -2.17. The Morgan fingerprint density at radius 1 is 1.20 bits per heavy atom. The van der Waals surface area contributed by atoms with Gasteiger partial charge in [-0.1, -0.05) is 36.4 Å². The van der Waals surface area contributed by atoms with Crippen LogP contribution < -0.4 is 4.74 Å². The first kappa shape index (κ1) is 13.1. The summed E-state index contributed by atoms with van der Waals surface area (Å²) in [5.41, 5.74) is 2.45. The monoisotopic (exact) mass is 268 g/mol. The van der Waals surface area contributed by atoms with E-state index in [0.29, 0.717) is 18.5 Å². The van der Waals surface area contributed by atoms with Gasteiger partial charge >= 0.3 is 0 Å². The molecular formula is C17H20N2O. The molecule has 0 N–H and O–H groups in total. The van der Waals surface area contributed by atoms with Gasteiger partial charge in [-0.25, -0.2) is 4.98 Å². The van der Waals surface area contributed by atoms with E-state index in [0.717, 1.165) is 5.56 Å². The normalized spacial score (nSPS) is 19.1. The summed E-state index contributed by atoms with van der Waals surface area (Å²) < 4.78 is 5.71. The zero-order valence-corrected chi connectivity index (χ0v) is 11.8. The number of aromatic nitrogens is 1. The number of hydrogen-bond donors (Lipinski definition) is 0. The number of benzene rings is 1. The van der Waals surface area contributed by atoms with Crippen LogP contribution in [0, 0.1) is 0 Å². The molecule has 0 saturated carbocycles. The molecule has 0 aliphatic carbocycles. The maximum Gasteiger partial charge on any atom is 0.213 e. The van der Waals surface area contributed by atoms with Gasteiger partial charge < -0.3 is 4.74 Å². The second kappa shape index (κ2) is 6.06. The van der Waals surface area contributed by atoms with Crippen LogP contribution in [0.2, 0.25) is 0 Å². The zero-order valence-electron chi connectivity index (χ0n) is 11.8. The maximum absolute atomic E-state index is 5.71. The first-order valence-corrected chi connectivity index (χ1v) is 7.16. The molecule has 0 spiro atoms. The van der Waals surface area contributed by atoms with Gasteiger partial charge in [-0.2, -0.15) is 0 Å². The van der Waals surface area contributed by atoms with Gasteiger partial charge in [0.1, 0.15) is 6.61 Å². The number of rotatable bonds is 4. The van der Waals surface area contributed by atoms with Crippen LogP contribution >= 0.6 is 0 Å². The van der Waals surface area contributed by atoms with E-state index in [9.17, 15) is 0 Å². The number of ether oxygens (including phenoxy) is 1. The van der Waals surface area contributed by atoms with Crippen LogP contribution in [0.1, 0.15) is 30.0 Å². The molecule has 1 atom stereocenters. The van der Waals surface area contributed by atoms with E-state index in [-0.39, 0.29) is 0 Å². The Labute approximate surface area is 120 Å². The van der Waals surface area contributed by atoms with Crippen LogP contribution in [-0.4, -0.2) is 23.5 Å². The highest BCUT2D eigenvalue weighted by atomic mass is 16.5. The van der Waals surface area contributed by atoms with E-state index in [1.165, 1.54) is 24.9 Å². The van der Waals surface area contributed by atoms with Crippen LogP contribution in [0.3, 0.4) is 0 Å². The highest BCUT2D eigenvalue weighted by molar-refractivity contribution is 5.22. The summed E-state index contributed by atoms with van der Waals surface area (Å²) in [6, 6.07) is 14.8. The number of likely N-dealkylation sites (tertiary alicyclic amines) is 1. The predicted octanol–water partition coefficient (Wildman–Crippen LogP) is 3.43. The maximum atomic E-state index is 5.71. The van der Waals surface area contributed by atoms with Gasteiger partial charge in [-0.15, -0.1) is 0 Å². The van der Waals surface area contributed by atoms with Crippen LogP contribution in [-0.2, 0) is 6.61 Å². The summed E-state index contributed by atoms with van der Waals surface area (Å²) >= 11 is 0. The predicted molar refractivity (Wildman–Crippen MR) is 79.6 cm³/mol. The second-order valence-electron chi connectivity index (χ2n) is 5.34. The minimum Gasteiger partial charge on any atom is -0.473 e. The number of pyridine rings is 1. The molecule has 3 nitrogen and oxygen atoms in total. The SMILES string of the molecule is CN1CCC[C@@H]1c1ccc(OCc2ccccc2)nc1. The van der Waals surface area contributed by atoms with Crippen LogP contribution in [0.25, 0.3) is 0 Å². The second-order valence-corrected chi connectivity index (χ2v) is 5.34. The van der Waals surface area contributed by atoms with Crippen molar-refractivity contribution in [1.82, 2.24) is 9.88 Å². The summed E-state index contributed by atoms with van der Waals surface area (Å²) in [4.78, 5) is 6.81. The molecule has 1 aliphatic rings. The Hall–Kier alpha value is -1.87. The summed E-state index contributed by atoms with van der Waals surface area (Å²) in [6.07, 6.45) is 4.45. The van der Waals surface area contributed by atoms with Crippen molar-refractivity contribution in [3.05, 3.63) is 59.8 Å². The van der Waals surface area contributed by atoms with E-state index in [4.69, 9.17) is 4.74 Å². The number of nitrogens with zero attached hydrogens (tertiary/aromatic N) is 2. The van der Waals surface area contributed by atoms with Crippen LogP contribution in [0.15, 0.2) is 48.7 Å². The molecule has 1 aromatic heterocycles. The molecule has 104 valence electrons. The van der Waals surface area contributed by atoms with Gasteiger partial charge in [0.15, 0.2) is 0 Å². The first-order valence-electron chi connectivity index (χ1n) is 7.16. The minimum atomic E-state index is 0.519. The molecule has 20 heavy (non-hydrogen) atoms. The van der Waals surface area contributed by atoms with Crippen LogP contribution in [0.5, 0.6) is 5.88 Å². The minimum absolute atomic E-state index is 0.519. The lowest BCUT2D eigenvalue weighted by molar-refractivity contribution is 0.291. The molecule has 3 heteroatoms. The Bertz CT molecular complexity index is 539. The molecule has 1 fully saturated rings. The van der Waals surface area contributed by atoms with Crippen LogP contribution in [0.4, 0.5) is 0 Å². The first-order chi connectivity index (χ1) is 9.83. The summed E-state index contributed by atoms with van der Waals surface area (Å²) in [7, 11) is 2.18. The molecule has 3 rings (SSSR count). The fourth-order valence-electron chi connectivity index (χ4n) is 2.74. The smallest absolute Gasteiger partial charge is 0.213 e. The molecule has 0 unspecified atom stereocenters. The standard InChI is InChI=1S/C17H20N2O/c1-19-11-5-8-16(19)15-9-10-17(18-12-15)20-13-14-6-3-2-4-7-14/h2-4,6-7,9-10,12,16H,5,8,11,13H2,1H3/t16-/m1/s1. The Balaban J connectivity index is 1.61. The zero-order chi connectivity index (χ0) is 13.8. The van der Waals surface area contributed by atoms with Crippen molar-refractivity contribution in [2.24, 2.45) is 0 Å². The molecule has 0 radical (unpaired) electrons. The third-order valence-corrected chi connectivity index (χ3v) is 3.89. The van der Waals surface area contributed by atoms with Gasteiger partial charge in [0.25, 0.3) is 0 Å². The molecule has 0 bridgehead atoms. The van der Waals surface area contributed by atoms with Crippen molar-refractivity contribution in [2.75, 3.05) is 13.6 Å². The lowest BCUT2D eigenvalue weighted by atomic mass is 10.1. The van der Waals surface area contributed by atoms with Crippen molar-refractivity contribution >= 4 is 0 Å². The Morgan fingerprint density at radius 2 is 2.05 bits per heavy atom. The largest absolute Gasteiger partial charge is 0.473 e. The molecule has 2 heterocycles. The third kappa shape index (κ3) is 2.99. The summed E-state index contributed by atoms with van der Waals surface area (Å²) in [5, 5.41) is 0.